The molecular weight excluding hydrogens is 174 g/mol. The highest BCUT2D eigenvalue weighted by Crippen LogP contribution is 1.95. The van der Waals surface area contributed by atoms with Crippen LogP contribution in [-0.4, -0.2) is 23.2 Å². The van der Waals surface area contributed by atoms with Gasteiger partial charge in [-0.2, -0.15) is 0 Å². The van der Waals surface area contributed by atoms with Crippen molar-refractivity contribution in [3.05, 3.63) is 12.3 Å². The van der Waals surface area contributed by atoms with Gasteiger partial charge in [-0.3, -0.25) is 0 Å². The van der Waals surface area contributed by atoms with Gasteiger partial charge in [0.25, 0.3) is 0 Å². The number of carbonyl (C=O) groups excluding carboxylic acids is 1. The molecule has 5 heteroatoms. The summed E-state index contributed by atoms with van der Waals surface area (Å²) in [7, 11) is 0. The second-order valence-corrected chi connectivity index (χ2v) is 2.53. The topological polar surface area (TPSA) is 75.6 Å². The highest BCUT2D eigenvalue weighted by atomic mass is 16.6. The summed E-state index contributed by atoms with van der Waals surface area (Å²) >= 11 is 0. The SMILES string of the molecule is C=C(C)OC(=O)NC(CC)C(=O)O. The summed E-state index contributed by atoms with van der Waals surface area (Å²) in [5, 5.41) is 10.7. The second-order valence-electron chi connectivity index (χ2n) is 2.53. The molecule has 0 aromatic carbocycles. The highest BCUT2D eigenvalue weighted by molar-refractivity contribution is 5.80. The van der Waals surface area contributed by atoms with Crippen LogP contribution in [0, 0.1) is 0 Å². The highest BCUT2D eigenvalue weighted by Gasteiger charge is 2.17. The minimum atomic E-state index is -1.08. The molecule has 0 aliphatic carbocycles. The average molecular weight is 187 g/mol. The van der Waals surface area contributed by atoms with Crippen LogP contribution in [0.5, 0.6) is 0 Å². The number of hydrogen-bond donors (Lipinski definition) is 2. The lowest BCUT2D eigenvalue weighted by molar-refractivity contribution is -0.139. The van der Waals surface area contributed by atoms with Gasteiger partial charge in [0.05, 0.1) is 5.76 Å². The van der Waals surface area contributed by atoms with Crippen molar-refractivity contribution in [2.75, 3.05) is 0 Å². The third kappa shape index (κ3) is 4.84. The van der Waals surface area contributed by atoms with Crippen molar-refractivity contribution in [3.8, 4) is 0 Å². The number of allylic oxidation sites excluding steroid dienone is 1. The Morgan fingerprint density at radius 2 is 2.15 bits per heavy atom. The molecule has 0 aliphatic heterocycles. The molecule has 0 rings (SSSR count). The largest absolute Gasteiger partial charge is 0.480 e. The maximum Gasteiger partial charge on any atom is 0.412 e. The first-order valence-corrected chi connectivity index (χ1v) is 3.84. The Bertz CT molecular complexity index is 224. The molecule has 5 nitrogen and oxygen atoms in total. The maximum absolute atomic E-state index is 10.9. The van der Waals surface area contributed by atoms with Gasteiger partial charge in [0.15, 0.2) is 0 Å². The molecule has 1 unspecified atom stereocenters. The molecule has 0 bridgehead atoms. The molecule has 0 fully saturated rings. The molecule has 1 atom stereocenters. The molecule has 2 N–H and O–H groups in total. The van der Waals surface area contributed by atoms with Crippen LogP contribution in [0.4, 0.5) is 4.79 Å². The molecule has 0 radical (unpaired) electrons. The number of carboxylic acid groups (broad SMARTS) is 1. The zero-order valence-corrected chi connectivity index (χ0v) is 7.66. The molecule has 13 heavy (non-hydrogen) atoms. The fraction of sp³-hybridized carbons (Fsp3) is 0.500. The summed E-state index contributed by atoms with van der Waals surface area (Å²) in [5.41, 5.74) is 0. The van der Waals surface area contributed by atoms with E-state index in [4.69, 9.17) is 5.11 Å². The van der Waals surface area contributed by atoms with Gasteiger partial charge in [0, 0.05) is 0 Å². The van der Waals surface area contributed by atoms with E-state index in [-0.39, 0.29) is 5.76 Å². The zero-order valence-electron chi connectivity index (χ0n) is 7.66. The maximum atomic E-state index is 10.9. The number of amides is 1. The summed E-state index contributed by atoms with van der Waals surface area (Å²) in [4.78, 5) is 21.3. The van der Waals surface area contributed by atoms with Gasteiger partial charge in [-0.1, -0.05) is 13.5 Å². The number of rotatable bonds is 4. The molecule has 74 valence electrons. The summed E-state index contributed by atoms with van der Waals surface area (Å²) in [6, 6.07) is -0.910. The van der Waals surface area contributed by atoms with Crippen LogP contribution in [0.1, 0.15) is 20.3 Å². The first kappa shape index (κ1) is 11.5. The van der Waals surface area contributed by atoms with Crippen molar-refractivity contribution in [3.63, 3.8) is 0 Å². The van der Waals surface area contributed by atoms with Crippen molar-refractivity contribution in [1.29, 1.82) is 0 Å². The smallest absolute Gasteiger partial charge is 0.412 e. The van der Waals surface area contributed by atoms with E-state index in [1.165, 1.54) is 6.92 Å². The predicted molar refractivity (Wildman–Crippen MR) is 46.1 cm³/mol. The molecule has 0 aliphatic rings. The van der Waals surface area contributed by atoms with E-state index in [1.807, 2.05) is 0 Å². The van der Waals surface area contributed by atoms with Crippen molar-refractivity contribution in [2.45, 2.75) is 26.3 Å². The Kier molecular flexibility index (Phi) is 4.58. The van der Waals surface area contributed by atoms with Crippen LogP contribution in [0.2, 0.25) is 0 Å². The van der Waals surface area contributed by atoms with Crippen molar-refractivity contribution < 1.29 is 19.4 Å². The van der Waals surface area contributed by atoms with Gasteiger partial charge in [-0.05, 0) is 13.3 Å². The lowest BCUT2D eigenvalue weighted by atomic mass is 10.2. The van der Waals surface area contributed by atoms with Crippen molar-refractivity contribution >= 4 is 12.1 Å². The van der Waals surface area contributed by atoms with Crippen LogP contribution >= 0.6 is 0 Å². The van der Waals surface area contributed by atoms with E-state index in [0.29, 0.717) is 6.42 Å². The second kappa shape index (κ2) is 5.18. The first-order valence-electron chi connectivity index (χ1n) is 3.84. The van der Waals surface area contributed by atoms with E-state index >= 15 is 0 Å². The summed E-state index contributed by atoms with van der Waals surface area (Å²) < 4.78 is 4.52. The number of nitrogens with one attached hydrogen (secondary N) is 1. The summed E-state index contributed by atoms with van der Waals surface area (Å²) in [6.45, 7) is 6.50. The third-order valence-electron chi connectivity index (χ3n) is 1.27. The van der Waals surface area contributed by atoms with Crippen molar-refractivity contribution in [2.24, 2.45) is 0 Å². The van der Waals surface area contributed by atoms with E-state index < -0.39 is 18.1 Å². The van der Waals surface area contributed by atoms with Gasteiger partial charge in [0.1, 0.15) is 6.04 Å². The Balaban J connectivity index is 4.01. The lowest BCUT2D eigenvalue weighted by Crippen LogP contribution is -2.40. The van der Waals surface area contributed by atoms with Gasteiger partial charge < -0.3 is 15.2 Å². The molecule has 0 heterocycles. The van der Waals surface area contributed by atoms with Gasteiger partial charge in [-0.25, -0.2) is 9.59 Å². The van der Waals surface area contributed by atoms with Crippen LogP contribution < -0.4 is 5.32 Å². The minimum absolute atomic E-state index is 0.220. The van der Waals surface area contributed by atoms with Crippen molar-refractivity contribution in [1.82, 2.24) is 5.32 Å². The molecule has 0 saturated heterocycles. The minimum Gasteiger partial charge on any atom is -0.480 e. The van der Waals surface area contributed by atoms with E-state index in [1.54, 1.807) is 6.92 Å². The van der Waals surface area contributed by atoms with Crippen LogP contribution in [0.15, 0.2) is 12.3 Å². The third-order valence-corrected chi connectivity index (χ3v) is 1.27. The number of ether oxygens (including phenoxy) is 1. The van der Waals surface area contributed by atoms with Gasteiger partial charge in [-0.15, -0.1) is 0 Å². The fourth-order valence-corrected chi connectivity index (χ4v) is 0.668. The van der Waals surface area contributed by atoms with Crippen LogP contribution in [-0.2, 0) is 9.53 Å². The number of carbonyl (C=O) groups is 2. The molecule has 0 saturated carbocycles. The van der Waals surface area contributed by atoms with E-state index in [2.05, 4.69) is 16.6 Å². The van der Waals surface area contributed by atoms with Gasteiger partial charge >= 0.3 is 12.1 Å². The number of alkyl carbamates (subject to hydrolysis) is 1. The number of carboxylic acids is 1. The monoisotopic (exact) mass is 187 g/mol. The Morgan fingerprint density at radius 3 is 2.46 bits per heavy atom. The van der Waals surface area contributed by atoms with Crippen LogP contribution in [0.3, 0.4) is 0 Å². The molecule has 0 aromatic heterocycles. The van der Waals surface area contributed by atoms with E-state index in [0.717, 1.165) is 0 Å². The molecule has 0 spiro atoms. The molecular formula is C8H13NO4. The first-order chi connectivity index (χ1) is 5.97. The standard InChI is InChI=1S/C8H13NO4/c1-4-6(7(10)11)9-8(12)13-5(2)3/h6H,2,4H2,1,3H3,(H,9,12)(H,10,11). The Labute approximate surface area is 76.4 Å². The molecule has 1 amide bonds. The fourth-order valence-electron chi connectivity index (χ4n) is 0.668. The normalized spacial score (nSPS) is 11.5. The number of aliphatic carboxylic acids is 1. The number of hydrogen-bond acceptors (Lipinski definition) is 3. The summed E-state index contributed by atoms with van der Waals surface area (Å²) in [6.07, 6.45) is -0.484. The van der Waals surface area contributed by atoms with Crippen LogP contribution in [0.25, 0.3) is 0 Å². The Morgan fingerprint density at radius 1 is 1.62 bits per heavy atom. The van der Waals surface area contributed by atoms with Gasteiger partial charge in [0.2, 0.25) is 0 Å². The zero-order chi connectivity index (χ0) is 10.4. The Hall–Kier alpha value is -1.52. The summed E-state index contributed by atoms with van der Waals surface area (Å²) in [5.74, 6) is -0.862. The average Bonchev–Trinajstić information content (AvgIpc) is 1.98. The predicted octanol–water partition coefficient (Wildman–Crippen LogP) is 1.11. The lowest BCUT2D eigenvalue weighted by Gasteiger charge is -2.11. The van der Waals surface area contributed by atoms with E-state index in [9.17, 15) is 9.59 Å². The quantitative estimate of drug-likeness (QED) is 0.646. The molecule has 0 aromatic rings.